The molecule has 37 heavy (non-hydrogen) atoms. The first kappa shape index (κ1) is 38.8. The molecule has 0 atom stereocenters. The van der Waals surface area contributed by atoms with Crippen LogP contribution in [0.15, 0.2) is 12.2 Å². The molecule has 0 radical (unpaired) electrons. The van der Waals surface area contributed by atoms with Crippen LogP contribution in [0.4, 0.5) is 0 Å². The van der Waals surface area contributed by atoms with Crippen molar-refractivity contribution in [1.29, 1.82) is 0 Å². The van der Waals surface area contributed by atoms with E-state index in [-0.39, 0.29) is 6.42 Å². The molecular formula is C34H69O2P. The maximum absolute atomic E-state index is 10.2. The summed E-state index contributed by atoms with van der Waals surface area (Å²) in [7, 11) is -0.562. The van der Waals surface area contributed by atoms with Crippen LogP contribution >= 0.6 is 7.26 Å². The lowest BCUT2D eigenvalue weighted by Crippen LogP contribution is -2.21. The van der Waals surface area contributed by atoms with Gasteiger partial charge < -0.3 is 9.90 Å². The van der Waals surface area contributed by atoms with Gasteiger partial charge in [0.15, 0.2) is 0 Å². The molecule has 0 saturated heterocycles. The van der Waals surface area contributed by atoms with Gasteiger partial charge in [0, 0.05) is 13.2 Å². The van der Waals surface area contributed by atoms with Crippen LogP contribution in [0.2, 0.25) is 0 Å². The highest BCUT2D eigenvalue weighted by atomic mass is 31.2. The lowest BCUT2D eigenvalue weighted by Gasteiger charge is -2.28. The fraction of sp³-hybridized carbons (Fsp3) is 0.912. The van der Waals surface area contributed by atoms with Crippen LogP contribution in [0, 0.1) is 0 Å². The monoisotopic (exact) mass is 541 g/mol. The molecule has 0 aliphatic heterocycles. The number of carboxylic acid groups (broad SMARTS) is 1. The van der Waals surface area contributed by atoms with Gasteiger partial charge >= 0.3 is 0 Å². The molecule has 0 unspecified atom stereocenters. The van der Waals surface area contributed by atoms with Crippen LogP contribution in [-0.4, -0.2) is 30.6 Å². The molecule has 0 aromatic carbocycles. The van der Waals surface area contributed by atoms with Gasteiger partial charge in [0.2, 0.25) is 0 Å². The Hall–Kier alpha value is -0.360. The second-order valence-corrected chi connectivity index (χ2v) is 15.8. The molecule has 0 N–H and O–H groups in total. The number of carbonyl (C=O) groups excluding carboxylic acids is 1. The lowest BCUT2D eigenvalue weighted by molar-refractivity contribution is -0.305. The fourth-order valence-corrected chi connectivity index (χ4v) is 10.3. The molecule has 0 heterocycles. The van der Waals surface area contributed by atoms with E-state index in [1.165, 1.54) is 116 Å². The van der Waals surface area contributed by atoms with E-state index in [0.29, 0.717) is 0 Å². The van der Waals surface area contributed by atoms with Crippen molar-refractivity contribution >= 4 is 13.2 Å². The zero-order chi connectivity index (χ0) is 27.9. The fourth-order valence-electron chi connectivity index (χ4n) is 4.98. The number of unbranched alkanes of at least 4 members (excludes halogenated alkanes) is 15. The molecule has 0 aromatic heterocycles. The normalized spacial score (nSPS) is 11.6. The molecule has 0 aliphatic carbocycles. The van der Waals surface area contributed by atoms with Crippen molar-refractivity contribution in [3.8, 4) is 0 Å². The molecule has 0 aliphatic rings. The van der Waals surface area contributed by atoms with Crippen molar-refractivity contribution < 1.29 is 9.90 Å². The predicted molar refractivity (Wildman–Crippen MR) is 170 cm³/mol. The van der Waals surface area contributed by atoms with Gasteiger partial charge in [-0.05, 0) is 64.2 Å². The minimum absolute atomic E-state index is 0.220. The molecular weight excluding hydrogens is 471 g/mol. The molecule has 0 fully saturated rings. The largest absolute Gasteiger partial charge is 0.550 e. The molecule has 0 rings (SSSR count). The zero-order valence-electron chi connectivity index (χ0n) is 26.3. The van der Waals surface area contributed by atoms with Crippen molar-refractivity contribution in [2.45, 2.75) is 176 Å². The maximum Gasteiger partial charge on any atom is 0.0594 e. The van der Waals surface area contributed by atoms with Crippen molar-refractivity contribution in [3.05, 3.63) is 12.2 Å². The molecule has 0 saturated carbocycles. The maximum atomic E-state index is 10.2. The van der Waals surface area contributed by atoms with Gasteiger partial charge in [-0.15, -0.1) is 0 Å². The van der Waals surface area contributed by atoms with Crippen molar-refractivity contribution in [2.24, 2.45) is 0 Å². The summed E-state index contributed by atoms with van der Waals surface area (Å²) >= 11 is 0. The Bertz CT molecular complexity index is 437. The molecule has 3 heteroatoms. The Balaban J connectivity index is 0. The van der Waals surface area contributed by atoms with Crippen LogP contribution in [0.25, 0.3) is 0 Å². The zero-order valence-corrected chi connectivity index (χ0v) is 27.2. The molecule has 0 spiro atoms. The minimum atomic E-state index is -0.914. The van der Waals surface area contributed by atoms with E-state index in [1.807, 2.05) is 0 Å². The average Bonchev–Trinajstić information content (AvgIpc) is 2.90. The molecule has 0 bridgehead atoms. The average molecular weight is 541 g/mol. The highest BCUT2D eigenvalue weighted by molar-refractivity contribution is 7.75. The summed E-state index contributed by atoms with van der Waals surface area (Å²) in [5.74, 6) is -0.914. The second kappa shape index (κ2) is 31.9. The van der Waals surface area contributed by atoms with Crippen molar-refractivity contribution in [3.63, 3.8) is 0 Å². The highest BCUT2D eigenvalue weighted by Gasteiger charge is 2.34. The summed E-state index contributed by atoms with van der Waals surface area (Å²) in [6, 6.07) is 0. The van der Waals surface area contributed by atoms with Gasteiger partial charge in [0.25, 0.3) is 0 Å². The number of hydrogen-bond donors (Lipinski definition) is 0. The molecule has 0 amide bonds. The first-order chi connectivity index (χ1) is 18.0. The third kappa shape index (κ3) is 30.0. The van der Waals surface area contributed by atoms with Gasteiger partial charge in [-0.25, -0.2) is 0 Å². The Kier molecular flexibility index (Phi) is 33.4. The quantitative estimate of drug-likeness (QED) is 0.0590. The van der Waals surface area contributed by atoms with Crippen LogP contribution in [0.1, 0.15) is 176 Å². The summed E-state index contributed by atoms with van der Waals surface area (Å²) in [6.07, 6.45) is 38.8. The molecule has 2 nitrogen and oxygen atoms in total. The second-order valence-electron chi connectivity index (χ2n) is 11.4. The number of rotatable bonds is 27. The number of allylic oxidation sites excluding steroid dienone is 2. The van der Waals surface area contributed by atoms with Gasteiger partial charge in [0.05, 0.1) is 24.6 Å². The van der Waals surface area contributed by atoms with Crippen molar-refractivity contribution in [2.75, 3.05) is 24.6 Å². The van der Waals surface area contributed by atoms with Gasteiger partial charge in [0.1, 0.15) is 0 Å². The number of aliphatic carboxylic acids is 1. The Labute approximate surface area is 235 Å². The summed E-state index contributed by atoms with van der Waals surface area (Å²) < 4.78 is 0. The Morgan fingerprint density at radius 2 is 0.811 bits per heavy atom. The number of carboxylic acids is 1. The lowest BCUT2D eigenvalue weighted by atomic mass is 10.1. The standard InChI is InChI=1S/C18H34O2.C16H36P/c1-2-3-4-5-6-7-8-9-10-11-12-13-14-15-16-17-18(19)20;1-5-9-13-17(14-10-6-2,15-11-7-3)16-12-8-4/h9-10H,2-8,11-17H2,1H3,(H,19,20);5-16H2,1-4H3/q;+1/p-1/b10-9-;. The van der Waals surface area contributed by atoms with Gasteiger partial charge in [-0.3, -0.25) is 0 Å². The molecule has 0 aromatic rings. The predicted octanol–water partition coefficient (Wildman–Crippen LogP) is 11.0. The smallest absolute Gasteiger partial charge is 0.0594 e. The first-order valence-electron chi connectivity index (χ1n) is 16.7. The van der Waals surface area contributed by atoms with E-state index in [9.17, 15) is 9.90 Å². The topological polar surface area (TPSA) is 40.1 Å². The number of hydrogen-bond acceptors (Lipinski definition) is 2. The summed E-state index contributed by atoms with van der Waals surface area (Å²) in [6.45, 7) is 11.7. The van der Waals surface area contributed by atoms with E-state index in [4.69, 9.17) is 0 Å². The van der Waals surface area contributed by atoms with E-state index in [2.05, 4.69) is 46.8 Å². The van der Waals surface area contributed by atoms with Crippen LogP contribution in [0.5, 0.6) is 0 Å². The highest BCUT2D eigenvalue weighted by Crippen LogP contribution is 2.61. The summed E-state index contributed by atoms with van der Waals surface area (Å²) in [5.41, 5.74) is 0. The third-order valence-corrected chi connectivity index (χ3v) is 12.6. The van der Waals surface area contributed by atoms with Crippen molar-refractivity contribution in [1.82, 2.24) is 0 Å². The van der Waals surface area contributed by atoms with Gasteiger partial charge in [-0.2, -0.15) is 0 Å². The first-order valence-corrected chi connectivity index (χ1v) is 19.2. The minimum Gasteiger partial charge on any atom is -0.550 e. The SMILES string of the molecule is CCCCCCCC/C=C\CCCCCCCC(=O)[O-].CCCC[P+](CCCC)(CCCC)CCCC. The third-order valence-electron chi connectivity index (χ3n) is 7.59. The Morgan fingerprint density at radius 1 is 0.486 bits per heavy atom. The van der Waals surface area contributed by atoms with E-state index >= 15 is 0 Å². The van der Waals surface area contributed by atoms with Crippen LogP contribution in [0.3, 0.4) is 0 Å². The molecule has 222 valence electrons. The van der Waals surface area contributed by atoms with E-state index in [1.54, 1.807) is 24.6 Å². The van der Waals surface area contributed by atoms with Crippen LogP contribution in [-0.2, 0) is 4.79 Å². The number of carbonyl (C=O) groups is 1. The van der Waals surface area contributed by atoms with E-state index < -0.39 is 13.2 Å². The van der Waals surface area contributed by atoms with E-state index in [0.717, 1.165) is 19.3 Å². The summed E-state index contributed by atoms with van der Waals surface area (Å²) in [4.78, 5) is 10.2. The van der Waals surface area contributed by atoms with Crippen LogP contribution < -0.4 is 5.11 Å². The Morgan fingerprint density at radius 3 is 1.16 bits per heavy atom. The summed E-state index contributed by atoms with van der Waals surface area (Å²) in [5, 5.41) is 10.2. The van der Waals surface area contributed by atoms with Gasteiger partial charge in [-0.1, -0.05) is 124 Å².